The van der Waals surface area contributed by atoms with Gasteiger partial charge < -0.3 is 15.0 Å². The molecule has 0 saturated heterocycles. The Kier molecular flexibility index (Phi) is 5.30. The average molecular weight is 394 g/mol. The van der Waals surface area contributed by atoms with Crippen molar-refractivity contribution in [2.24, 2.45) is 0 Å². The lowest BCUT2D eigenvalue weighted by Crippen LogP contribution is -2.38. The number of fused-ring (bicyclic) bond motifs is 1. The second kappa shape index (κ2) is 8.02. The van der Waals surface area contributed by atoms with E-state index in [4.69, 9.17) is 9.72 Å². The van der Waals surface area contributed by atoms with Crippen molar-refractivity contribution in [2.75, 3.05) is 19.0 Å². The number of para-hydroxylation sites is 1. The topological polar surface area (TPSA) is 54.5 Å². The molecule has 2 amide bonds. The summed E-state index contributed by atoms with van der Waals surface area (Å²) in [4.78, 5) is 20.6. The molecule has 0 aliphatic carbocycles. The third-order valence-electron chi connectivity index (χ3n) is 4.98. The molecule has 0 unspecified atom stereocenters. The molecule has 1 aliphatic heterocycles. The van der Waals surface area contributed by atoms with Gasteiger partial charge in [-0.25, -0.2) is 9.78 Å². The predicted molar refractivity (Wildman–Crippen MR) is 113 cm³/mol. The maximum atomic E-state index is 12.8. The zero-order valence-corrected chi connectivity index (χ0v) is 16.9. The van der Waals surface area contributed by atoms with E-state index in [2.05, 4.69) is 12.2 Å². The summed E-state index contributed by atoms with van der Waals surface area (Å²) in [6.07, 6.45) is 1.66. The number of aryl methyl sites for hydroxylation is 1. The Hall–Kier alpha value is -2.86. The Labute approximate surface area is 169 Å². The van der Waals surface area contributed by atoms with E-state index in [1.54, 1.807) is 18.4 Å². The summed E-state index contributed by atoms with van der Waals surface area (Å²) in [5.74, 6) is 0.821. The zero-order valence-electron chi connectivity index (χ0n) is 16.1. The molecule has 4 rings (SSSR count). The van der Waals surface area contributed by atoms with Gasteiger partial charge in [-0.2, -0.15) is 0 Å². The molecule has 0 atom stereocenters. The van der Waals surface area contributed by atoms with Gasteiger partial charge in [0.2, 0.25) is 0 Å². The molecule has 2 heterocycles. The Morgan fingerprint density at radius 2 is 2.11 bits per heavy atom. The van der Waals surface area contributed by atoms with Gasteiger partial charge in [0.15, 0.2) is 0 Å². The molecule has 6 heteroatoms. The molecule has 1 aliphatic rings. The third-order valence-corrected chi connectivity index (χ3v) is 6.11. The summed E-state index contributed by atoms with van der Waals surface area (Å²) >= 11 is 1.65. The van der Waals surface area contributed by atoms with Crippen molar-refractivity contribution in [3.8, 4) is 16.3 Å². The van der Waals surface area contributed by atoms with Crippen LogP contribution in [0.4, 0.5) is 10.5 Å². The SMILES string of the molecule is CCc1ccccc1NC(=O)N1CCc2nc(-c3cccc(OC)c3)sc2C1. The van der Waals surface area contributed by atoms with Gasteiger partial charge in [-0.3, -0.25) is 0 Å². The Morgan fingerprint density at radius 1 is 1.25 bits per heavy atom. The summed E-state index contributed by atoms with van der Waals surface area (Å²) in [5.41, 5.74) is 4.18. The van der Waals surface area contributed by atoms with Crippen molar-refractivity contribution in [2.45, 2.75) is 26.3 Å². The molecule has 1 N–H and O–H groups in total. The van der Waals surface area contributed by atoms with E-state index in [1.165, 1.54) is 0 Å². The van der Waals surface area contributed by atoms with Crippen molar-refractivity contribution in [1.29, 1.82) is 0 Å². The fourth-order valence-electron chi connectivity index (χ4n) is 3.39. The predicted octanol–water partition coefficient (Wildman–Crippen LogP) is 4.97. The monoisotopic (exact) mass is 393 g/mol. The van der Waals surface area contributed by atoms with Gasteiger partial charge in [0.25, 0.3) is 0 Å². The minimum Gasteiger partial charge on any atom is -0.497 e. The molecule has 1 aromatic heterocycles. The van der Waals surface area contributed by atoms with E-state index < -0.39 is 0 Å². The van der Waals surface area contributed by atoms with E-state index in [-0.39, 0.29) is 6.03 Å². The lowest BCUT2D eigenvalue weighted by Gasteiger charge is -2.26. The number of anilines is 1. The molecular weight excluding hydrogens is 370 g/mol. The lowest BCUT2D eigenvalue weighted by atomic mass is 10.1. The Morgan fingerprint density at radius 3 is 2.93 bits per heavy atom. The van der Waals surface area contributed by atoms with Crippen molar-refractivity contribution in [1.82, 2.24) is 9.88 Å². The highest BCUT2D eigenvalue weighted by Crippen LogP contribution is 2.33. The normalized spacial score (nSPS) is 13.1. The number of carbonyl (C=O) groups excluding carboxylic acids is 1. The van der Waals surface area contributed by atoms with E-state index >= 15 is 0 Å². The minimum absolute atomic E-state index is 0.0529. The molecule has 28 heavy (non-hydrogen) atoms. The number of carbonyl (C=O) groups is 1. The molecular formula is C22H23N3O2S. The zero-order chi connectivity index (χ0) is 19.5. The van der Waals surface area contributed by atoms with Gasteiger partial charge in [-0.05, 0) is 30.2 Å². The van der Waals surface area contributed by atoms with E-state index in [0.717, 1.165) is 51.0 Å². The van der Waals surface area contributed by atoms with Gasteiger partial charge in [-0.1, -0.05) is 37.3 Å². The minimum atomic E-state index is -0.0529. The number of urea groups is 1. The van der Waals surface area contributed by atoms with Crippen LogP contribution in [-0.2, 0) is 19.4 Å². The van der Waals surface area contributed by atoms with Crippen LogP contribution in [0.15, 0.2) is 48.5 Å². The third kappa shape index (κ3) is 3.73. The van der Waals surface area contributed by atoms with Gasteiger partial charge in [0.05, 0.1) is 19.3 Å². The highest BCUT2D eigenvalue weighted by molar-refractivity contribution is 7.15. The molecule has 0 fully saturated rings. The van der Waals surface area contributed by atoms with E-state index in [9.17, 15) is 4.79 Å². The standard InChI is InChI=1S/C22H23N3O2S/c1-3-15-7-4-5-10-18(15)24-22(26)25-12-11-19-20(14-25)28-21(23-19)16-8-6-9-17(13-16)27-2/h4-10,13H,3,11-12,14H2,1-2H3,(H,24,26). The lowest BCUT2D eigenvalue weighted by molar-refractivity contribution is 0.207. The van der Waals surface area contributed by atoms with E-state index in [0.29, 0.717) is 13.1 Å². The van der Waals surface area contributed by atoms with Gasteiger partial charge in [0, 0.05) is 29.1 Å². The number of ether oxygens (including phenoxy) is 1. The van der Waals surface area contributed by atoms with Crippen LogP contribution in [0.5, 0.6) is 5.75 Å². The van der Waals surface area contributed by atoms with E-state index in [1.807, 2.05) is 53.4 Å². The fourth-order valence-corrected chi connectivity index (χ4v) is 4.51. The second-order valence-corrected chi connectivity index (χ2v) is 7.82. The number of hydrogen-bond acceptors (Lipinski definition) is 4. The summed E-state index contributed by atoms with van der Waals surface area (Å²) in [7, 11) is 1.67. The molecule has 0 saturated carbocycles. The van der Waals surface area contributed by atoms with Gasteiger partial charge in [-0.15, -0.1) is 11.3 Å². The second-order valence-electron chi connectivity index (χ2n) is 6.73. The maximum Gasteiger partial charge on any atom is 0.322 e. The van der Waals surface area contributed by atoms with Gasteiger partial charge >= 0.3 is 6.03 Å². The number of benzene rings is 2. The first-order chi connectivity index (χ1) is 13.7. The van der Waals surface area contributed by atoms with Crippen LogP contribution >= 0.6 is 11.3 Å². The first-order valence-corrected chi connectivity index (χ1v) is 10.3. The summed E-state index contributed by atoms with van der Waals surface area (Å²) in [6, 6.07) is 15.8. The van der Waals surface area contributed by atoms with Crippen LogP contribution < -0.4 is 10.1 Å². The number of amides is 2. The highest BCUT2D eigenvalue weighted by Gasteiger charge is 2.25. The number of methoxy groups -OCH3 is 1. The molecule has 5 nitrogen and oxygen atoms in total. The maximum absolute atomic E-state index is 12.8. The number of aromatic nitrogens is 1. The summed E-state index contributed by atoms with van der Waals surface area (Å²) < 4.78 is 5.32. The molecule has 0 bridgehead atoms. The number of nitrogens with one attached hydrogen (secondary N) is 1. The van der Waals surface area contributed by atoms with Crippen LogP contribution in [0.1, 0.15) is 23.1 Å². The van der Waals surface area contributed by atoms with Crippen LogP contribution in [0, 0.1) is 0 Å². The van der Waals surface area contributed by atoms with Crippen LogP contribution in [-0.4, -0.2) is 29.6 Å². The number of nitrogens with zero attached hydrogens (tertiary/aromatic N) is 2. The van der Waals surface area contributed by atoms with Crippen molar-refractivity contribution in [3.63, 3.8) is 0 Å². The molecule has 2 aromatic carbocycles. The average Bonchev–Trinajstić information content (AvgIpc) is 3.17. The number of rotatable bonds is 4. The summed E-state index contributed by atoms with van der Waals surface area (Å²) in [6.45, 7) is 3.36. The smallest absolute Gasteiger partial charge is 0.322 e. The Balaban J connectivity index is 1.50. The van der Waals surface area contributed by atoms with Crippen LogP contribution in [0.25, 0.3) is 10.6 Å². The number of thiazole rings is 1. The van der Waals surface area contributed by atoms with Crippen LogP contribution in [0.2, 0.25) is 0 Å². The largest absolute Gasteiger partial charge is 0.497 e. The molecule has 0 spiro atoms. The molecule has 144 valence electrons. The highest BCUT2D eigenvalue weighted by atomic mass is 32.1. The van der Waals surface area contributed by atoms with Gasteiger partial charge in [0.1, 0.15) is 10.8 Å². The molecule has 3 aromatic rings. The summed E-state index contributed by atoms with van der Waals surface area (Å²) in [5, 5.41) is 4.04. The number of hydrogen-bond donors (Lipinski definition) is 1. The van der Waals surface area contributed by atoms with Crippen molar-refractivity contribution < 1.29 is 9.53 Å². The van der Waals surface area contributed by atoms with Crippen LogP contribution in [0.3, 0.4) is 0 Å². The van der Waals surface area contributed by atoms with Crippen molar-refractivity contribution in [3.05, 3.63) is 64.7 Å². The first-order valence-electron chi connectivity index (χ1n) is 9.44. The fraction of sp³-hybridized carbons (Fsp3) is 0.273. The quantitative estimate of drug-likeness (QED) is 0.681. The first kappa shape index (κ1) is 18.5. The molecule has 0 radical (unpaired) electrons. The Bertz CT molecular complexity index is 999. The van der Waals surface area contributed by atoms with Crippen molar-refractivity contribution >= 4 is 23.1 Å².